The average Bonchev–Trinajstić information content (AvgIpc) is 2.33. The van der Waals surface area contributed by atoms with Crippen molar-refractivity contribution in [2.45, 2.75) is 12.6 Å². The summed E-state index contributed by atoms with van der Waals surface area (Å²) >= 11 is 0. The van der Waals surface area contributed by atoms with Crippen LogP contribution < -0.4 is 4.74 Å². The Hall–Kier alpha value is -1.77. The minimum absolute atomic E-state index is 0.207. The highest BCUT2D eigenvalue weighted by molar-refractivity contribution is 5.71. The van der Waals surface area contributed by atoms with Gasteiger partial charge in [0.05, 0.1) is 7.11 Å². The van der Waals surface area contributed by atoms with E-state index in [1.807, 2.05) is 37.7 Å². The molecule has 0 N–H and O–H groups in total. The van der Waals surface area contributed by atoms with Gasteiger partial charge in [-0.3, -0.25) is 4.99 Å². The topological polar surface area (TPSA) is 24.8 Å². The van der Waals surface area contributed by atoms with Crippen molar-refractivity contribution in [3.05, 3.63) is 42.1 Å². The van der Waals surface area contributed by atoms with E-state index in [9.17, 15) is 0 Å². The molecule has 2 rings (SSSR count). The third kappa shape index (κ3) is 2.42. The predicted molar refractivity (Wildman–Crippen MR) is 65.9 cm³/mol. The standard InChI is InChI=1S/C13H16N2O/c1-15-9-3-8-14-13(15)10-11-4-6-12(16-2)7-5-11/h3-9,13H,10H2,1-2H3. The molecule has 0 amide bonds. The molecular weight excluding hydrogens is 200 g/mol. The van der Waals surface area contributed by atoms with Crippen LogP contribution >= 0.6 is 0 Å². The second-order valence-corrected chi connectivity index (χ2v) is 3.84. The van der Waals surface area contributed by atoms with Crippen molar-refractivity contribution < 1.29 is 4.74 Å². The molecule has 0 aromatic heterocycles. The summed E-state index contributed by atoms with van der Waals surface area (Å²) < 4.78 is 5.13. The van der Waals surface area contributed by atoms with Gasteiger partial charge in [-0.2, -0.15) is 0 Å². The third-order valence-corrected chi connectivity index (χ3v) is 2.71. The molecule has 1 aromatic rings. The summed E-state index contributed by atoms with van der Waals surface area (Å²) in [5.74, 6) is 0.893. The Balaban J connectivity index is 2.03. The second kappa shape index (κ2) is 4.84. The highest BCUT2D eigenvalue weighted by Gasteiger charge is 2.12. The number of likely N-dealkylation sites (N-methyl/N-ethyl adjacent to an activating group) is 1. The van der Waals surface area contributed by atoms with Gasteiger partial charge in [-0.05, 0) is 23.8 Å². The summed E-state index contributed by atoms with van der Waals surface area (Å²) in [6.07, 6.45) is 6.97. The summed E-state index contributed by atoms with van der Waals surface area (Å²) in [4.78, 5) is 6.55. The number of ether oxygens (including phenoxy) is 1. The van der Waals surface area contributed by atoms with Crippen LogP contribution in [-0.4, -0.2) is 31.4 Å². The fraction of sp³-hybridized carbons (Fsp3) is 0.308. The maximum absolute atomic E-state index is 5.13. The quantitative estimate of drug-likeness (QED) is 0.773. The van der Waals surface area contributed by atoms with Gasteiger partial charge in [-0.15, -0.1) is 0 Å². The Morgan fingerprint density at radius 3 is 2.69 bits per heavy atom. The highest BCUT2D eigenvalue weighted by atomic mass is 16.5. The van der Waals surface area contributed by atoms with Crippen molar-refractivity contribution in [1.29, 1.82) is 0 Å². The molecule has 3 heteroatoms. The molecule has 1 aliphatic rings. The van der Waals surface area contributed by atoms with Gasteiger partial charge in [0.1, 0.15) is 11.9 Å². The van der Waals surface area contributed by atoms with Gasteiger partial charge in [0.2, 0.25) is 0 Å². The molecule has 0 spiro atoms. The SMILES string of the molecule is COc1ccc(CC2N=CC=CN2C)cc1. The number of benzene rings is 1. The van der Waals surface area contributed by atoms with Crippen LogP contribution in [0.1, 0.15) is 5.56 Å². The molecule has 1 aromatic carbocycles. The van der Waals surface area contributed by atoms with Crippen LogP contribution in [0.3, 0.4) is 0 Å². The molecule has 1 unspecified atom stereocenters. The molecule has 1 aliphatic heterocycles. The molecule has 0 aliphatic carbocycles. The predicted octanol–water partition coefficient (Wildman–Crippen LogP) is 2.09. The maximum Gasteiger partial charge on any atom is 0.124 e. The summed E-state index contributed by atoms with van der Waals surface area (Å²) in [6, 6.07) is 8.14. The molecule has 1 heterocycles. The highest BCUT2D eigenvalue weighted by Crippen LogP contribution is 2.15. The molecule has 0 radical (unpaired) electrons. The van der Waals surface area contributed by atoms with Crippen molar-refractivity contribution in [2.24, 2.45) is 4.99 Å². The number of hydrogen-bond donors (Lipinski definition) is 0. The van der Waals surface area contributed by atoms with E-state index in [0.29, 0.717) is 0 Å². The van der Waals surface area contributed by atoms with Crippen LogP contribution in [0, 0.1) is 0 Å². The van der Waals surface area contributed by atoms with Crippen LogP contribution in [0.2, 0.25) is 0 Å². The lowest BCUT2D eigenvalue weighted by molar-refractivity contribution is 0.334. The van der Waals surface area contributed by atoms with E-state index < -0.39 is 0 Å². The van der Waals surface area contributed by atoms with Gasteiger partial charge < -0.3 is 9.64 Å². The number of allylic oxidation sites excluding steroid dienone is 1. The van der Waals surface area contributed by atoms with Gasteiger partial charge in [0.25, 0.3) is 0 Å². The lowest BCUT2D eigenvalue weighted by Crippen LogP contribution is -2.29. The van der Waals surface area contributed by atoms with Crippen molar-refractivity contribution >= 4 is 6.21 Å². The van der Waals surface area contributed by atoms with E-state index in [-0.39, 0.29) is 6.17 Å². The normalized spacial score (nSPS) is 18.9. The number of methoxy groups -OCH3 is 1. The Morgan fingerprint density at radius 2 is 2.06 bits per heavy atom. The molecule has 84 valence electrons. The van der Waals surface area contributed by atoms with Crippen LogP contribution in [0.5, 0.6) is 5.75 Å². The van der Waals surface area contributed by atoms with Gasteiger partial charge in [-0.1, -0.05) is 12.1 Å². The average molecular weight is 216 g/mol. The largest absolute Gasteiger partial charge is 0.497 e. The first-order chi connectivity index (χ1) is 7.79. The number of nitrogens with zero attached hydrogens (tertiary/aromatic N) is 2. The van der Waals surface area contributed by atoms with Gasteiger partial charge >= 0.3 is 0 Å². The molecule has 3 nitrogen and oxygen atoms in total. The third-order valence-electron chi connectivity index (χ3n) is 2.71. The van der Waals surface area contributed by atoms with E-state index in [0.717, 1.165) is 12.2 Å². The maximum atomic E-state index is 5.13. The Kier molecular flexibility index (Phi) is 3.25. The van der Waals surface area contributed by atoms with Crippen LogP contribution in [0.15, 0.2) is 41.5 Å². The van der Waals surface area contributed by atoms with Crippen LogP contribution in [0.25, 0.3) is 0 Å². The first kappa shape index (κ1) is 10.7. The molecule has 16 heavy (non-hydrogen) atoms. The zero-order valence-electron chi connectivity index (χ0n) is 9.63. The molecular formula is C13H16N2O. The Morgan fingerprint density at radius 1 is 1.31 bits per heavy atom. The van der Waals surface area contributed by atoms with Gasteiger partial charge in [0.15, 0.2) is 0 Å². The minimum Gasteiger partial charge on any atom is -0.497 e. The van der Waals surface area contributed by atoms with Gasteiger partial charge in [-0.25, -0.2) is 0 Å². The Labute approximate surface area is 96.1 Å². The Bertz CT molecular complexity index is 395. The number of rotatable bonds is 3. The smallest absolute Gasteiger partial charge is 0.124 e. The molecule has 0 saturated carbocycles. The van der Waals surface area contributed by atoms with Crippen molar-refractivity contribution in [3.8, 4) is 5.75 Å². The van der Waals surface area contributed by atoms with E-state index in [1.165, 1.54) is 5.56 Å². The number of hydrogen-bond acceptors (Lipinski definition) is 3. The first-order valence-electron chi connectivity index (χ1n) is 5.34. The van der Waals surface area contributed by atoms with Crippen LogP contribution in [-0.2, 0) is 6.42 Å². The van der Waals surface area contributed by atoms with E-state index in [2.05, 4.69) is 22.0 Å². The molecule has 1 atom stereocenters. The minimum atomic E-state index is 0.207. The fourth-order valence-corrected chi connectivity index (χ4v) is 1.70. The molecule has 0 saturated heterocycles. The summed E-state index contributed by atoms with van der Waals surface area (Å²) in [5.41, 5.74) is 1.27. The van der Waals surface area contributed by atoms with Crippen molar-refractivity contribution in [3.63, 3.8) is 0 Å². The molecule has 0 fully saturated rings. The number of aliphatic imine (C=N–C) groups is 1. The lowest BCUT2D eigenvalue weighted by atomic mass is 10.1. The zero-order chi connectivity index (χ0) is 11.4. The summed E-state index contributed by atoms with van der Waals surface area (Å²) in [7, 11) is 3.72. The van der Waals surface area contributed by atoms with E-state index >= 15 is 0 Å². The van der Waals surface area contributed by atoms with Crippen LogP contribution in [0.4, 0.5) is 0 Å². The van der Waals surface area contributed by atoms with E-state index in [4.69, 9.17) is 4.74 Å². The summed E-state index contributed by atoms with van der Waals surface area (Å²) in [5, 5.41) is 0. The van der Waals surface area contributed by atoms with E-state index in [1.54, 1.807) is 7.11 Å². The summed E-state index contributed by atoms with van der Waals surface area (Å²) in [6.45, 7) is 0. The molecule has 0 bridgehead atoms. The van der Waals surface area contributed by atoms with Crippen molar-refractivity contribution in [2.75, 3.05) is 14.2 Å². The van der Waals surface area contributed by atoms with Crippen molar-refractivity contribution in [1.82, 2.24) is 4.90 Å². The fourth-order valence-electron chi connectivity index (χ4n) is 1.70. The first-order valence-corrected chi connectivity index (χ1v) is 5.34. The second-order valence-electron chi connectivity index (χ2n) is 3.84. The lowest BCUT2D eigenvalue weighted by Gasteiger charge is -2.25. The zero-order valence-corrected chi connectivity index (χ0v) is 9.63. The van der Waals surface area contributed by atoms with Gasteiger partial charge in [0, 0.05) is 25.9 Å². The monoisotopic (exact) mass is 216 g/mol.